The molecule has 0 fully saturated rings. The lowest BCUT2D eigenvalue weighted by Gasteiger charge is -2.37. The van der Waals surface area contributed by atoms with Gasteiger partial charge in [0.2, 0.25) is 0 Å². The van der Waals surface area contributed by atoms with E-state index in [-0.39, 0.29) is 16.2 Å². The van der Waals surface area contributed by atoms with Crippen LogP contribution in [0.5, 0.6) is 0 Å². The van der Waals surface area contributed by atoms with E-state index >= 15 is 0 Å². The molecule has 1 N–H and O–H groups in total. The maximum Gasteiger partial charge on any atom is 0.163 e. The highest BCUT2D eigenvalue weighted by molar-refractivity contribution is 6.31. The molecule has 2 aromatic rings. The summed E-state index contributed by atoms with van der Waals surface area (Å²) in [5.41, 5.74) is 2.79. The van der Waals surface area contributed by atoms with Crippen LogP contribution in [-0.2, 0) is 4.79 Å². The Hall–Kier alpha value is -2.53. The van der Waals surface area contributed by atoms with Gasteiger partial charge >= 0.3 is 0 Å². The Balaban J connectivity index is 1.87. The van der Waals surface area contributed by atoms with Gasteiger partial charge in [-0.2, -0.15) is 0 Å². The Morgan fingerprint density at radius 3 is 2.78 bits per heavy atom. The number of carbonyl (C=O) groups is 1. The number of nitrogens with one attached hydrogen (secondary N) is 1. The number of Topliss-reactive ketones (excluding diaryl/α,β-unsaturated/α-hetero) is 1. The molecule has 27 heavy (non-hydrogen) atoms. The van der Waals surface area contributed by atoms with Gasteiger partial charge < -0.3 is 5.32 Å². The monoisotopic (exact) mass is 383 g/mol. The minimum Gasteiger partial charge on any atom is -0.343 e. The van der Waals surface area contributed by atoms with Crippen molar-refractivity contribution in [2.75, 3.05) is 0 Å². The molecule has 1 aromatic heterocycles. The highest BCUT2D eigenvalue weighted by Crippen LogP contribution is 2.44. The minimum atomic E-state index is -0.562. The summed E-state index contributed by atoms with van der Waals surface area (Å²) in [7, 11) is 0. The van der Waals surface area contributed by atoms with Gasteiger partial charge in [0, 0.05) is 46.2 Å². The number of amidine groups is 1. The molecule has 0 amide bonds. The van der Waals surface area contributed by atoms with Crippen molar-refractivity contribution in [3.05, 3.63) is 76.0 Å². The molecule has 0 saturated heterocycles. The summed E-state index contributed by atoms with van der Waals surface area (Å²) in [4.78, 5) is 21.9. The van der Waals surface area contributed by atoms with E-state index in [0.29, 0.717) is 23.4 Å². The van der Waals surface area contributed by atoms with Crippen LogP contribution in [0.2, 0.25) is 5.02 Å². The summed E-state index contributed by atoms with van der Waals surface area (Å²) >= 11 is 6.32. The van der Waals surface area contributed by atoms with Crippen molar-refractivity contribution in [1.82, 2.24) is 10.3 Å². The van der Waals surface area contributed by atoms with E-state index < -0.39 is 11.9 Å². The molecular weight excluding hydrogens is 365 g/mol. The lowest BCUT2D eigenvalue weighted by atomic mass is 9.73. The number of halogens is 2. The second kappa shape index (κ2) is 6.57. The third kappa shape index (κ3) is 3.39. The number of hydrogen-bond donors (Lipinski definition) is 1. The number of carbonyl (C=O) groups excluding carboxylic acids is 1. The van der Waals surface area contributed by atoms with Crippen molar-refractivity contribution >= 4 is 23.2 Å². The van der Waals surface area contributed by atoms with Gasteiger partial charge in [-0.05, 0) is 36.1 Å². The summed E-state index contributed by atoms with van der Waals surface area (Å²) in [5.74, 6) is 0.269. The minimum absolute atomic E-state index is 0.0492. The first-order valence-electron chi connectivity index (χ1n) is 8.80. The smallest absolute Gasteiger partial charge is 0.163 e. The van der Waals surface area contributed by atoms with E-state index in [2.05, 4.69) is 24.1 Å². The molecule has 1 aliphatic heterocycles. The van der Waals surface area contributed by atoms with Gasteiger partial charge in [0.25, 0.3) is 0 Å². The van der Waals surface area contributed by atoms with E-state index in [1.165, 1.54) is 12.1 Å². The van der Waals surface area contributed by atoms with E-state index in [0.717, 1.165) is 17.7 Å². The molecule has 1 atom stereocenters. The van der Waals surface area contributed by atoms with Crippen molar-refractivity contribution in [2.45, 2.75) is 32.7 Å². The molecule has 0 radical (unpaired) electrons. The van der Waals surface area contributed by atoms with Crippen LogP contribution in [0.1, 0.15) is 43.9 Å². The molecule has 138 valence electrons. The summed E-state index contributed by atoms with van der Waals surface area (Å²) in [5, 5.41) is 3.60. The average Bonchev–Trinajstić information content (AvgIpc) is 2.60. The zero-order valence-corrected chi connectivity index (χ0v) is 15.8. The largest absolute Gasteiger partial charge is 0.343 e. The molecule has 6 heteroatoms. The lowest BCUT2D eigenvalue weighted by Crippen LogP contribution is -2.39. The Morgan fingerprint density at radius 2 is 2.07 bits per heavy atom. The number of allylic oxidation sites excluding steroid dienone is 1. The number of nitrogens with zero attached hydrogens (tertiary/aromatic N) is 2. The van der Waals surface area contributed by atoms with Gasteiger partial charge in [0.1, 0.15) is 17.7 Å². The quantitative estimate of drug-likeness (QED) is 0.824. The molecule has 4 nitrogen and oxygen atoms in total. The number of hydrogen-bond acceptors (Lipinski definition) is 4. The number of aliphatic imine (C=N–C) groups is 1. The summed E-state index contributed by atoms with van der Waals surface area (Å²) in [6, 6.07) is 7.39. The van der Waals surface area contributed by atoms with Crippen molar-refractivity contribution in [1.29, 1.82) is 0 Å². The normalized spacial score (nSPS) is 21.4. The summed E-state index contributed by atoms with van der Waals surface area (Å²) < 4.78 is 13.5. The molecule has 0 spiro atoms. The standard InChI is InChI=1S/C21H19ClFN3O/c1-21(2)9-16-18(17(27)10-21)19(14-6-5-13(23)8-15(14)22)26-20(25-16)12-4-3-7-24-11-12/h3-8,11,19H,9-10H2,1-2H3,(H,25,26)/t19-/m0/s1. The Kier molecular flexibility index (Phi) is 4.35. The number of benzene rings is 1. The molecule has 2 aliphatic rings. The number of pyridine rings is 1. The molecule has 1 aliphatic carbocycles. The Bertz CT molecular complexity index is 982. The fraction of sp³-hybridized carbons (Fsp3) is 0.286. The fourth-order valence-electron chi connectivity index (χ4n) is 3.73. The van der Waals surface area contributed by atoms with Gasteiger partial charge in [-0.3, -0.25) is 14.8 Å². The van der Waals surface area contributed by atoms with E-state index in [1.807, 2.05) is 12.1 Å². The van der Waals surface area contributed by atoms with Crippen molar-refractivity contribution in [3.8, 4) is 0 Å². The van der Waals surface area contributed by atoms with E-state index in [4.69, 9.17) is 16.6 Å². The van der Waals surface area contributed by atoms with E-state index in [1.54, 1.807) is 18.5 Å². The second-order valence-electron chi connectivity index (χ2n) is 7.75. The predicted molar refractivity (Wildman–Crippen MR) is 103 cm³/mol. The van der Waals surface area contributed by atoms with E-state index in [9.17, 15) is 9.18 Å². The van der Waals surface area contributed by atoms with Crippen LogP contribution in [0.15, 0.2) is 59.0 Å². The molecule has 2 heterocycles. The molecule has 1 aromatic carbocycles. The molecular formula is C21H19ClFN3O. The van der Waals surface area contributed by atoms with Gasteiger partial charge in [-0.1, -0.05) is 31.5 Å². The predicted octanol–water partition coefficient (Wildman–Crippen LogP) is 4.61. The maximum absolute atomic E-state index is 13.5. The lowest BCUT2D eigenvalue weighted by molar-refractivity contribution is -0.118. The molecule has 0 saturated carbocycles. The second-order valence-corrected chi connectivity index (χ2v) is 8.15. The molecule has 0 bridgehead atoms. The zero-order valence-electron chi connectivity index (χ0n) is 15.1. The SMILES string of the molecule is CC1(C)CC(=O)C2=C(C1)NC(c1cccnc1)=N[C@H]2c1ccc(F)cc1Cl. The zero-order chi connectivity index (χ0) is 19.2. The third-order valence-electron chi connectivity index (χ3n) is 4.91. The van der Waals surface area contributed by atoms with Crippen molar-refractivity contribution < 1.29 is 9.18 Å². The van der Waals surface area contributed by atoms with Crippen molar-refractivity contribution in [2.24, 2.45) is 10.4 Å². The Morgan fingerprint density at radius 1 is 1.26 bits per heavy atom. The first-order chi connectivity index (χ1) is 12.8. The van der Waals surface area contributed by atoms with Crippen LogP contribution in [0, 0.1) is 11.2 Å². The van der Waals surface area contributed by atoms with Gasteiger partial charge in [0.05, 0.1) is 0 Å². The Labute approximate surface area is 162 Å². The number of aromatic nitrogens is 1. The highest BCUT2D eigenvalue weighted by Gasteiger charge is 2.40. The topological polar surface area (TPSA) is 54.4 Å². The third-order valence-corrected chi connectivity index (χ3v) is 5.24. The van der Waals surface area contributed by atoms with Crippen molar-refractivity contribution in [3.63, 3.8) is 0 Å². The fourth-order valence-corrected chi connectivity index (χ4v) is 4.00. The van der Waals surface area contributed by atoms with Crippen LogP contribution in [0.25, 0.3) is 0 Å². The first-order valence-corrected chi connectivity index (χ1v) is 9.18. The van der Waals surface area contributed by atoms with Gasteiger partial charge in [-0.25, -0.2) is 4.39 Å². The van der Waals surface area contributed by atoms with Crippen LogP contribution in [0.3, 0.4) is 0 Å². The van der Waals surface area contributed by atoms with Crippen LogP contribution in [-0.4, -0.2) is 16.6 Å². The van der Waals surface area contributed by atoms with Gasteiger partial charge in [0.15, 0.2) is 5.78 Å². The number of rotatable bonds is 2. The highest BCUT2D eigenvalue weighted by atomic mass is 35.5. The van der Waals surface area contributed by atoms with Crippen LogP contribution < -0.4 is 5.32 Å². The number of ketones is 1. The molecule has 4 rings (SSSR count). The maximum atomic E-state index is 13.5. The van der Waals surface area contributed by atoms with Gasteiger partial charge in [-0.15, -0.1) is 0 Å². The summed E-state index contributed by atoms with van der Waals surface area (Å²) in [6.07, 6.45) is 4.58. The average molecular weight is 384 g/mol. The first kappa shape index (κ1) is 17.9. The van der Waals surface area contributed by atoms with Crippen LogP contribution >= 0.6 is 11.6 Å². The summed E-state index contributed by atoms with van der Waals surface area (Å²) in [6.45, 7) is 4.15. The van der Waals surface area contributed by atoms with Crippen LogP contribution in [0.4, 0.5) is 4.39 Å². The molecule has 0 unspecified atom stereocenters.